The average molecular weight is 214 g/mol. The van der Waals surface area contributed by atoms with Crippen LogP contribution in [-0.4, -0.2) is 16.9 Å². The van der Waals surface area contributed by atoms with Crippen LogP contribution in [0.2, 0.25) is 0 Å². The summed E-state index contributed by atoms with van der Waals surface area (Å²) in [6.07, 6.45) is 0. The predicted octanol–water partition coefficient (Wildman–Crippen LogP) is 1.15. The largest absolute Gasteiger partial charge is 0.392 e. The Labute approximate surface area is 85.9 Å². The molecule has 1 unspecified atom stereocenters. The highest BCUT2D eigenvalue weighted by Crippen LogP contribution is 2.05. The maximum Gasteiger partial charge on any atom is 0.252 e. The zero-order chi connectivity index (χ0) is 9.84. The lowest BCUT2D eigenvalue weighted by molar-refractivity contribution is 0.0950. The van der Waals surface area contributed by atoms with Crippen molar-refractivity contribution in [1.29, 1.82) is 0 Å². The van der Waals surface area contributed by atoms with Gasteiger partial charge in [0.15, 0.2) is 0 Å². The Balaban J connectivity index is 2.56. The molecule has 3 N–H and O–H groups in total. The highest BCUT2D eigenvalue weighted by Gasteiger charge is 2.10. The minimum absolute atomic E-state index is 0.137. The smallest absolute Gasteiger partial charge is 0.252 e. The van der Waals surface area contributed by atoms with Crippen molar-refractivity contribution < 1.29 is 4.79 Å². The molecule has 70 valence electrons. The number of thiocarbonyl (C=S) groups is 1. The van der Waals surface area contributed by atoms with Crippen LogP contribution in [0.4, 0.5) is 0 Å². The summed E-state index contributed by atoms with van der Waals surface area (Å²) in [7, 11) is 0. The zero-order valence-electron chi connectivity index (χ0n) is 7.11. The van der Waals surface area contributed by atoms with Gasteiger partial charge in [-0.15, -0.1) is 0 Å². The van der Waals surface area contributed by atoms with Gasteiger partial charge in [-0.25, -0.2) is 0 Å². The summed E-state index contributed by atoms with van der Waals surface area (Å²) in [5.41, 5.74) is 6.00. The van der Waals surface area contributed by atoms with Crippen molar-refractivity contribution in [3.8, 4) is 0 Å². The second kappa shape index (κ2) is 4.34. The molecule has 0 bridgehead atoms. The molecule has 1 aromatic rings. The molecule has 1 amide bonds. The summed E-state index contributed by atoms with van der Waals surface area (Å²) in [5.74, 6) is -0.137. The number of hydrogen-bond acceptors (Lipinski definition) is 3. The quantitative estimate of drug-likeness (QED) is 0.742. The highest BCUT2D eigenvalue weighted by molar-refractivity contribution is 7.80. The lowest BCUT2D eigenvalue weighted by atomic mass is 10.3. The summed E-state index contributed by atoms with van der Waals surface area (Å²) < 4.78 is 0. The van der Waals surface area contributed by atoms with Gasteiger partial charge in [-0.1, -0.05) is 12.2 Å². The van der Waals surface area contributed by atoms with Gasteiger partial charge < -0.3 is 11.1 Å². The molecule has 0 saturated carbocycles. The maximum atomic E-state index is 11.4. The van der Waals surface area contributed by atoms with Gasteiger partial charge in [0.25, 0.3) is 5.91 Å². The monoisotopic (exact) mass is 214 g/mol. The molecule has 0 aliphatic rings. The SMILES string of the molecule is CC(NC(=O)c1ccsc1)C(N)=S. The Hall–Kier alpha value is -0.940. The van der Waals surface area contributed by atoms with Gasteiger partial charge in [0.05, 0.1) is 16.6 Å². The van der Waals surface area contributed by atoms with Gasteiger partial charge >= 0.3 is 0 Å². The van der Waals surface area contributed by atoms with Crippen molar-refractivity contribution in [2.45, 2.75) is 13.0 Å². The molecule has 13 heavy (non-hydrogen) atoms. The third-order valence-corrected chi connectivity index (χ3v) is 2.59. The summed E-state index contributed by atoms with van der Waals surface area (Å²) in [4.78, 5) is 11.7. The number of nitrogens with one attached hydrogen (secondary N) is 1. The fraction of sp³-hybridized carbons (Fsp3) is 0.250. The Morgan fingerprint density at radius 2 is 2.46 bits per heavy atom. The van der Waals surface area contributed by atoms with Crippen molar-refractivity contribution >= 4 is 34.5 Å². The average Bonchev–Trinajstić information content (AvgIpc) is 2.55. The number of hydrogen-bond donors (Lipinski definition) is 2. The Morgan fingerprint density at radius 3 is 2.92 bits per heavy atom. The number of carbonyl (C=O) groups is 1. The molecule has 1 aromatic heterocycles. The van der Waals surface area contributed by atoms with E-state index in [4.69, 9.17) is 18.0 Å². The summed E-state index contributed by atoms with van der Waals surface area (Å²) in [6.45, 7) is 1.76. The lowest BCUT2D eigenvalue weighted by Crippen LogP contribution is -2.41. The molecular weight excluding hydrogens is 204 g/mol. The number of carbonyl (C=O) groups excluding carboxylic acids is 1. The highest BCUT2D eigenvalue weighted by atomic mass is 32.1. The molecule has 1 heterocycles. The third kappa shape index (κ3) is 2.78. The first-order chi connectivity index (χ1) is 6.11. The standard InChI is InChI=1S/C8H10N2OS2/c1-5(7(9)12)10-8(11)6-2-3-13-4-6/h2-5H,1H3,(H2,9,12)(H,10,11). The minimum Gasteiger partial charge on any atom is -0.392 e. The second-order valence-electron chi connectivity index (χ2n) is 2.61. The van der Waals surface area contributed by atoms with Crippen molar-refractivity contribution in [2.24, 2.45) is 5.73 Å². The molecular formula is C8H10N2OS2. The molecule has 3 nitrogen and oxygen atoms in total. The van der Waals surface area contributed by atoms with E-state index in [1.807, 2.05) is 5.38 Å². The van der Waals surface area contributed by atoms with E-state index < -0.39 is 0 Å². The summed E-state index contributed by atoms with van der Waals surface area (Å²) in [5, 5.41) is 6.31. The number of amides is 1. The Morgan fingerprint density at radius 1 is 1.77 bits per heavy atom. The molecule has 5 heteroatoms. The number of nitrogens with two attached hydrogens (primary N) is 1. The second-order valence-corrected chi connectivity index (χ2v) is 3.86. The fourth-order valence-corrected chi connectivity index (χ4v) is 1.44. The zero-order valence-corrected chi connectivity index (χ0v) is 8.74. The Bertz CT molecular complexity index is 308. The van der Waals surface area contributed by atoms with E-state index in [2.05, 4.69) is 5.32 Å². The van der Waals surface area contributed by atoms with Crippen molar-refractivity contribution in [2.75, 3.05) is 0 Å². The van der Waals surface area contributed by atoms with Gasteiger partial charge in [-0.3, -0.25) is 4.79 Å². The van der Waals surface area contributed by atoms with Crippen LogP contribution < -0.4 is 11.1 Å². The van der Waals surface area contributed by atoms with Crippen LogP contribution >= 0.6 is 23.6 Å². The van der Waals surface area contributed by atoms with E-state index in [1.54, 1.807) is 18.4 Å². The van der Waals surface area contributed by atoms with Crippen LogP contribution in [-0.2, 0) is 0 Å². The summed E-state index contributed by atoms with van der Waals surface area (Å²) >= 11 is 6.21. The lowest BCUT2D eigenvalue weighted by Gasteiger charge is -2.10. The molecule has 0 fully saturated rings. The van der Waals surface area contributed by atoms with E-state index in [1.165, 1.54) is 11.3 Å². The maximum absolute atomic E-state index is 11.4. The van der Waals surface area contributed by atoms with Gasteiger partial charge in [-0.05, 0) is 18.4 Å². The molecule has 0 saturated heterocycles. The summed E-state index contributed by atoms with van der Waals surface area (Å²) in [6, 6.07) is 1.49. The normalized spacial score (nSPS) is 12.1. The van der Waals surface area contributed by atoms with Gasteiger partial charge in [0.2, 0.25) is 0 Å². The van der Waals surface area contributed by atoms with E-state index in [0.29, 0.717) is 10.6 Å². The first kappa shape index (κ1) is 10.1. The van der Waals surface area contributed by atoms with Crippen LogP contribution in [0.3, 0.4) is 0 Å². The van der Waals surface area contributed by atoms with E-state index in [-0.39, 0.29) is 11.9 Å². The molecule has 0 aliphatic carbocycles. The van der Waals surface area contributed by atoms with Gasteiger partial charge in [0, 0.05) is 5.38 Å². The van der Waals surface area contributed by atoms with Crippen LogP contribution in [0.15, 0.2) is 16.8 Å². The van der Waals surface area contributed by atoms with Crippen LogP contribution in [0.25, 0.3) is 0 Å². The van der Waals surface area contributed by atoms with Crippen molar-refractivity contribution in [1.82, 2.24) is 5.32 Å². The number of thiophene rings is 1. The van der Waals surface area contributed by atoms with Crippen LogP contribution in [0.1, 0.15) is 17.3 Å². The van der Waals surface area contributed by atoms with Gasteiger partial charge in [-0.2, -0.15) is 11.3 Å². The molecule has 0 spiro atoms. The van der Waals surface area contributed by atoms with E-state index in [0.717, 1.165) is 0 Å². The van der Waals surface area contributed by atoms with E-state index >= 15 is 0 Å². The van der Waals surface area contributed by atoms with Gasteiger partial charge in [0.1, 0.15) is 0 Å². The van der Waals surface area contributed by atoms with Crippen LogP contribution in [0, 0.1) is 0 Å². The molecule has 0 radical (unpaired) electrons. The molecule has 1 rings (SSSR count). The third-order valence-electron chi connectivity index (χ3n) is 1.56. The van der Waals surface area contributed by atoms with Crippen LogP contribution in [0.5, 0.6) is 0 Å². The van der Waals surface area contributed by atoms with Crippen molar-refractivity contribution in [3.05, 3.63) is 22.4 Å². The van der Waals surface area contributed by atoms with E-state index in [9.17, 15) is 4.79 Å². The molecule has 0 aliphatic heterocycles. The topological polar surface area (TPSA) is 55.1 Å². The first-order valence-electron chi connectivity index (χ1n) is 3.73. The molecule has 1 atom stereocenters. The van der Waals surface area contributed by atoms with Crippen molar-refractivity contribution in [3.63, 3.8) is 0 Å². The first-order valence-corrected chi connectivity index (χ1v) is 5.08. The fourth-order valence-electron chi connectivity index (χ4n) is 0.745. The molecule has 0 aromatic carbocycles. The Kier molecular flexibility index (Phi) is 3.39. The number of rotatable bonds is 3. The predicted molar refractivity (Wildman–Crippen MR) is 58.0 cm³/mol. The minimum atomic E-state index is -0.262.